The van der Waals surface area contributed by atoms with Crippen molar-refractivity contribution in [2.24, 2.45) is 10.8 Å². The van der Waals surface area contributed by atoms with E-state index in [4.69, 9.17) is 19.3 Å². The SMILES string of the molecule is CC1(C)C(OCCCO)C(C)(C)C1OCC1CO1. The van der Waals surface area contributed by atoms with Gasteiger partial charge in [0.05, 0.1) is 25.4 Å². The van der Waals surface area contributed by atoms with Gasteiger partial charge in [0.2, 0.25) is 0 Å². The zero-order valence-corrected chi connectivity index (χ0v) is 11.9. The van der Waals surface area contributed by atoms with Crippen LogP contribution in [-0.2, 0) is 14.2 Å². The van der Waals surface area contributed by atoms with E-state index in [0.29, 0.717) is 25.7 Å². The molecule has 0 spiro atoms. The van der Waals surface area contributed by atoms with Crippen LogP contribution in [0, 0.1) is 10.8 Å². The van der Waals surface area contributed by atoms with Crippen LogP contribution in [0.3, 0.4) is 0 Å². The third kappa shape index (κ3) is 2.57. The molecule has 1 heterocycles. The van der Waals surface area contributed by atoms with Gasteiger partial charge in [0, 0.05) is 24.0 Å². The minimum atomic E-state index is 0.0217. The molecule has 1 atom stereocenters. The Kier molecular flexibility index (Phi) is 4.02. The van der Waals surface area contributed by atoms with E-state index in [2.05, 4.69) is 27.7 Å². The Balaban J connectivity index is 1.87. The second-order valence-electron chi connectivity index (χ2n) is 6.64. The van der Waals surface area contributed by atoms with Crippen molar-refractivity contribution < 1.29 is 19.3 Å². The summed E-state index contributed by atoms with van der Waals surface area (Å²) in [7, 11) is 0. The van der Waals surface area contributed by atoms with Gasteiger partial charge in [0.1, 0.15) is 6.10 Å². The van der Waals surface area contributed by atoms with E-state index in [-0.39, 0.29) is 29.6 Å². The molecule has 2 fully saturated rings. The summed E-state index contributed by atoms with van der Waals surface area (Å²) in [5, 5.41) is 8.82. The van der Waals surface area contributed by atoms with Gasteiger partial charge in [-0.2, -0.15) is 0 Å². The molecule has 1 saturated heterocycles. The molecule has 18 heavy (non-hydrogen) atoms. The molecule has 0 bridgehead atoms. The molecule has 0 radical (unpaired) electrons. The van der Waals surface area contributed by atoms with E-state index in [1.807, 2.05) is 0 Å². The topological polar surface area (TPSA) is 51.2 Å². The fourth-order valence-electron chi connectivity index (χ4n) is 3.59. The molecular weight excluding hydrogens is 232 g/mol. The molecule has 0 aromatic heterocycles. The molecule has 1 saturated carbocycles. The second-order valence-corrected chi connectivity index (χ2v) is 6.64. The number of aliphatic hydroxyl groups excluding tert-OH is 1. The summed E-state index contributed by atoms with van der Waals surface area (Å²) in [6, 6.07) is 0. The first-order valence-corrected chi connectivity index (χ1v) is 6.86. The van der Waals surface area contributed by atoms with Crippen LogP contribution in [0.25, 0.3) is 0 Å². The molecule has 4 nitrogen and oxygen atoms in total. The predicted octanol–water partition coefficient (Wildman–Crippen LogP) is 1.60. The summed E-state index contributed by atoms with van der Waals surface area (Å²) in [5.74, 6) is 0. The average molecular weight is 258 g/mol. The maximum absolute atomic E-state index is 8.82. The normalized spacial score (nSPS) is 36.2. The van der Waals surface area contributed by atoms with E-state index < -0.39 is 0 Å². The largest absolute Gasteiger partial charge is 0.396 e. The number of ether oxygens (including phenoxy) is 3. The third-order valence-corrected chi connectivity index (χ3v) is 4.14. The molecule has 1 aliphatic heterocycles. The van der Waals surface area contributed by atoms with Gasteiger partial charge in [0.25, 0.3) is 0 Å². The summed E-state index contributed by atoms with van der Waals surface area (Å²) >= 11 is 0. The summed E-state index contributed by atoms with van der Waals surface area (Å²) in [4.78, 5) is 0. The zero-order chi connectivity index (χ0) is 13.4. The number of aliphatic hydroxyl groups is 1. The lowest BCUT2D eigenvalue weighted by atomic mass is 9.51. The van der Waals surface area contributed by atoms with Crippen LogP contribution < -0.4 is 0 Å². The van der Waals surface area contributed by atoms with Gasteiger partial charge >= 0.3 is 0 Å². The molecule has 4 heteroatoms. The molecule has 1 unspecified atom stereocenters. The Morgan fingerprint density at radius 1 is 1.11 bits per heavy atom. The van der Waals surface area contributed by atoms with Crippen LogP contribution in [0.4, 0.5) is 0 Å². The lowest BCUT2D eigenvalue weighted by Gasteiger charge is -2.62. The Hall–Kier alpha value is -0.160. The zero-order valence-electron chi connectivity index (χ0n) is 11.9. The summed E-state index contributed by atoms with van der Waals surface area (Å²) in [5.41, 5.74) is 0.0433. The molecule has 1 aliphatic carbocycles. The molecule has 106 valence electrons. The summed E-state index contributed by atoms with van der Waals surface area (Å²) < 4.78 is 17.1. The maximum Gasteiger partial charge on any atom is 0.104 e. The minimum absolute atomic E-state index is 0.0217. The minimum Gasteiger partial charge on any atom is -0.396 e. The highest BCUT2D eigenvalue weighted by molar-refractivity contribution is 5.12. The van der Waals surface area contributed by atoms with E-state index in [1.54, 1.807) is 0 Å². The van der Waals surface area contributed by atoms with E-state index in [9.17, 15) is 0 Å². The fourth-order valence-corrected chi connectivity index (χ4v) is 3.59. The Labute approximate surface area is 110 Å². The second kappa shape index (κ2) is 5.08. The van der Waals surface area contributed by atoms with Gasteiger partial charge in [-0.3, -0.25) is 0 Å². The molecule has 0 aromatic carbocycles. The van der Waals surface area contributed by atoms with Gasteiger partial charge in [-0.1, -0.05) is 27.7 Å². The summed E-state index contributed by atoms with van der Waals surface area (Å²) in [6.45, 7) is 11.1. The van der Waals surface area contributed by atoms with Crippen LogP contribution in [0.1, 0.15) is 34.1 Å². The number of hydrogen-bond acceptors (Lipinski definition) is 4. The predicted molar refractivity (Wildman–Crippen MR) is 68.5 cm³/mol. The van der Waals surface area contributed by atoms with E-state index >= 15 is 0 Å². The van der Waals surface area contributed by atoms with E-state index in [0.717, 1.165) is 6.61 Å². The first-order valence-electron chi connectivity index (χ1n) is 6.86. The van der Waals surface area contributed by atoms with Gasteiger partial charge in [-0.25, -0.2) is 0 Å². The molecule has 1 N–H and O–H groups in total. The van der Waals surface area contributed by atoms with Gasteiger partial charge in [-0.15, -0.1) is 0 Å². The molecule has 0 aromatic rings. The Morgan fingerprint density at radius 3 is 2.17 bits per heavy atom. The number of rotatable bonds is 7. The fraction of sp³-hybridized carbons (Fsp3) is 1.00. The van der Waals surface area contributed by atoms with Crippen molar-refractivity contribution in [3.63, 3.8) is 0 Å². The van der Waals surface area contributed by atoms with Gasteiger partial charge in [-0.05, 0) is 6.42 Å². The third-order valence-electron chi connectivity index (χ3n) is 4.14. The highest BCUT2D eigenvalue weighted by Gasteiger charge is 2.63. The van der Waals surface area contributed by atoms with E-state index in [1.165, 1.54) is 0 Å². The smallest absolute Gasteiger partial charge is 0.104 e. The van der Waals surface area contributed by atoms with Crippen LogP contribution in [0.15, 0.2) is 0 Å². The van der Waals surface area contributed by atoms with Crippen molar-refractivity contribution in [3.8, 4) is 0 Å². The van der Waals surface area contributed by atoms with Gasteiger partial charge in [0.15, 0.2) is 0 Å². The highest BCUT2D eigenvalue weighted by atomic mass is 16.6. The van der Waals surface area contributed by atoms with Crippen molar-refractivity contribution in [3.05, 3.63) is 0 Å². The van der Waals surface area contributed by atoms with Gasteiger partial charge < -0.3 is 19.3 Å². The molecule has 2 aliphatic rings. The molecule has 0 amide bonds. The molecular formula is C14H26O4. The standard InChI is InChI=1S/C14H26O4/c1-13(2)11(16-7-5-6-15)14(3,4)12(13)18-9-10-8-17-10/h10-12,15H,5-9H2,1-4H3. The lowest BCUT2D eigenvalue weighted by Crippen LogP contribution is -2.69. The van der Waals surface area contributed by atoms with Crippen molar-refractivity contribution >= 4 is 0 Å². The van der Waals surface area contributed by atoms with Crippen LogP contribution in [-0.4, -0.2) is 49.8 Å². The monoisotopic (exact) mass is 258 g/mol. The molecule has 2 rings (SSSR count). The lowest BCUT2D eigenvalue weighted by molar-refractivity contribution is -0.283. The average Bonchev–Trinajstić information content (AvgIpc) is 3.07. The highest BCUT2D eigenvalue weighted by Crippen LogP contribution is 2.57. The quantitative estimate of drug-likeness (QED) is 0.557. The Bertz CT molecular complexity index is 268. The first kappa shape index (κ1) is 14.3. The first-order chi connectivity index (χ1) is 8.40. The van der Waals surface area contributed by atoms with Crippen molar-refractivity contribution in [2.45, 2.75) is 52.4 Å². The van der Waals surface area contributed by atoms with Crippen LogP contribution >= 0.6 is 0 Å². The Morgan fingerprint density at radius 2 is 1.67 bits per heavy atom. The van der Waals surface area contributed by atoms with Crippen molar-refractivity contribution in [1.82, 2.24) is 0 Å². The number of epoxide rings is 1. The maximum atomic E-state index is 8.82. The number of hydrogen-bond donors (Lipinski definition) is 1. The van der Waals surface area contributed by atoms with Crippen LogP contribution in [0.2, 0.25) is 0 Å². The van der Waals surface area contributed by atoms with Crippen molar-refractivity contribution in [1.29, 1.82) is 0 Å². The summed E-state index contributed by atoms with van der Waals surface area (Å²) in [6.07, 6.45) is 1.39. The van der Waals surface area contributed by atoms with Crippen molar-refractivity contribution in [2.75, 3.05) is 26.4 Å². The van der Waals surface area contributed by atoms with Crippen LogP contribution in [0.5, 0.6) is 0 Å².